The minimum absolute atomic E-state index is 0.00772. The standard InChI is InChI=1S/C27H34N6O2/c1-17(2)21-12-24-23(11-22(21)19-10-25(35-3)26-28-16-29-32(26)14-19)30-27(34)33(24)20-8-5-9-31(15-20)13-18-6-4-7-18/h10-12,14,16-18,20H,4-9,13,15H2,1-3H3,(H,30,34). The lowest BCUT2D eigenvalue weighted by molar-refractivity contribution is 0.127. The number of H-pyrrole nitrogens is 1. The zero-order valence-electron chi connectivity index (χ0n) is 20.8. The third-order valence-corrected chi connectivity index (χ3v) is 7.97. The maximum atomic E-state index is 13.3. The monoisotopic (exact) mass is 474 g/mol. The first kappa shape index (κ1) is 22.3. The fourth-order valence-corrected chi connectivity index (χ4v) is 5.92. The van der Waals surface area contributed by atoms with Gasteiger partial charge in [-0.2, -0.15) is 5.10 Å². The van der Waals surface area contributed by atoms with E-state index in [1.54, 1.807) is 11.6 Å². The van der Waals surface area contributed by atoms with Gasteiger partial charge in [-0.05, 0) is 73.4 Å². The van der Waals surface area contributed by atoms with Crippen molar-refractivity contribution in [2.75, 3.05) is 26.7 Å². The van der Waals surface area contributed by atoms with Gasteiger partial charge in [-0.25, -0.2) is 14.3 Å². The van der Waals surface area contributed by atoms with Gasteiger partial charge < -0.3 is 14.6 Å². The molecule has 1 atom stereocenters. The van der Waals surface area contributed by atoms with E-state index in [1.807, 2.05) is 16.8 Å². The van der Waals surface area contributed by atoms with E-state index in [0.29, 0.717) is 11.4 Å². The second-order valence-corrected chi connectivity index (χ2v) is 10.6. The highest BCUT2D eigenvalue weighted by molar-refractivity contribution is 5.85. The fraction of sp³-hybridized carbons (Fsp3) is 0.519. The van der Waals surface area contributed by atoms with Crippen LogP contribution in [0.25, 0.3) is 27.8 Å². The van der Waals surface area contributed by atoms with Crippen LogP contribution in [0.1, 0.15) is 63.5 Å². The van der Waals surface area contributed by atoms with Crippen molar-refractivity contribution in [1.82, 2.24) is 29.0 Å². The van der Waals surface area contributed by atoms with Gasteiger partial charge in [-0.15, -0.1) is 0 Å². The van der Waals surface area contributed by atoms with E-state index >= 15 is 0 Å². The lowest BCUT2D eigenvalue weighted by atomic mass is 9.84. The quantitative estimate of drug-likeness (QED) is 0.441. The van der Waals surface area contributed by atoms with Crippen molar-refractivity contribution in [3.63, 3.8) is 0 Å². The molecule has 1 aromatic carbocycles. The lowest BCUT2D eigenvalue weighted by Crippen LogP contribution is -2.42. The number of nitrogens with one attached hydrogen (secondary N) is 1. The van der Waals surface area contributed by atoms with Gasteiger partial charge >= 0.3 is 5.69 Å². The largest absolute Gasteiger partial charge is 0.493 e. The molecule has 4 aromatic rings. The number of imidazole rings is 1. The first-order valence-electron chi connectivity index (χ1n) is 12.9. The highest BCUT2D eigenvalue weighted by Gasteiger charge is 2.28. The Morgan fingerprint density at radius 2 is 2.03 bits per heavy atom. The number of rotatable bonds is 6. The van der Waals surface area contributed by atoms with E-state index in [9.17, 15) is 4.79 Å². The fourth-order valence-electron chi connectivity index (χ4n) is 5.92. The van der Waals surface area contributed by atoms with Crippen LogP contribution in [-0.4, -0.2) is 55.8 Å². The van der Waals surface area contributed by atoms with Gasteiger partial charge in [0.05, 0.1) is 24.2 Å². The number of fused-ring (bicyclic) bond motifs is 2. The molecule has 3 aromatic heterocycles. The van der Waals surface area contributed by atoms with Crippen LogP contribution in [0, 0.1) is 5.92 Å². The van der Waals surface area contributed by atoms with E-state index in [-0.39, 0.29) is 17.6 Å². The number of pyridine rings is 1. The molecule has 1 saturated heterocycles. The predicted octanol–water partition coefficient (Wildman–Crippen LogP) is 4.61. The third kappa shape index (κ3) is 3.93. The first-order chi connectivity index (χ1) is 17.0. The molecule has 2 fully saturated rings. The lowest BCUT2D eigenvalue weighted by Gasteiger charge is -2.37. The zero-order valence-corrected chi connectivity index (χ0v) is 20.8. The number of methoxy groups -OCH3 is 1. The van der Waals surface area contributed by atoms with Crippen LogP contribution >= 0.6 is 0 Å². The molecule has 184 valence electrons. The second-order valence-electron chi connectivity index (χ2n) is 10.6. The number of aromatic amines is 1. The Kier molecular flexibility index (Phi) is 5.63. The van der Waals surface area contributed by atoms with Crippen LogP contribution in [0.3, 0.4) is 0 Å². The molecule has 8 nitrogen and oxygen atoms in total. The van der Waals surface area contributed by atoms with E-state index < -0.39 is 0 Å². The van der Waals surface area contributed by atoms with Gasteiger partial charge in [0.1, 0.15) is 6.33 Å². The molecule has 0 bridgehead atoms. The number of ether oxygens (including phenoxy) is 1. The Hall–Kier alpha value is -3.13. The molecule has 0 amide bonds. The minimum Gasteiger partial charge on any atom is -0.493 e. The number of aromatic nitrogens is 5. The average molecular weight is 475 g/mol. The number of piperidine rings is 1. The highest BCUT2D eigenvalue weighted by atomic mass is 16.5. The molecule has 1 saturated carbocycles. The molecule has 1 N–H and O–H groups in total. The molecule has 0 spiro atoms. The number of hydrogen-bond donors (Lipinski definition) is 1. The average Bonchev–Trinajstić information content (AvgIpc) is 3.43. The van der Waals surface area contributed by atoms with E-state index in [0.717, 1.165) is 54.0 Å². The Morgan fingerprint density at radius 1 is 1.17 bits per heavy atom. The maximum Gasteiger partial charge on any atom is 0.326 e. The van der Waals surface area contributed by atoms with Crippen LogP contribution in [0.5, 0.6) is 5.75 Å². The smallest absolute Gasteiger partial charge is 0.326 e. The Balaban J connectivity index is 1.43. The predicted molar refractivity (Wildman–Crippen MR) is 137 cm³/mol. The van der Waals surface area contributed by atoms with Crippen LogP contribution in [0.15, 0.2) is 35.5 Å². The minimum atomic E-state index is -0.00772. The summed E-state index contributed by atoms with van der Waals surface area (Å²) in [7, 11) is 1.65. The number of hydrogen-bond acceptors (Lipinski definition) is 5. The van der Waals surface area contributed by atoms with Crippen LogP contribution in [-0.2, 0) is 0 Å². The molecular formula is C27H34N6O2. The van der Waals surface area contributed by atoms with Gasteiger partial charge in [0, 0.05) is 24.8 Å². The summed E-state index contributed by atoms with van der Waals surface area (Å²) < 4.78 is 9.37. The third-order valence-electron chi connectivity index (χ3n) is 7.97. The molecule has 0 radical (unpaired) electrons. The normalized spacial score (nSPS) is 19.6. The molecule has 4 heterocycles. The molecule has 1 aliphatic carbocycles. The summed E-state index contributed by atoms with van der Waals surface area (Å²) in [5, 5.41) is 4.33. The van der Waals surface area contributed by atoms with Gasteiger partial charge in [0.25, 0.3) is 0 Å². The number of nitrogens with zero attached hydrogens (tertiary/aromatic N) is 5. The molecule has 2 aliphatic rings. The SMILES string of the molecule is COc1cc(-c2cc3[nH]c(=O)n(C4CCCN(CC5CCC5)C4)c3cc2C(C)C)cn2ncnc12. The van der Waals surface area contributed by atoms with Crippen LogP contribution < -0.4 is 10.4 Å². The van der Waals surface area contributed by atoms with E-state index in [2.05, 4.69) is 45.9 Å². The highest BCUT2D eigenvalue weighted by Crippen LogP contribution is 2.36. The summed E-state index contributed by atoms with van der Waals surface area (Å²) >= 11 is 0. The summed E-state index contributed by atoms with van der Waals surface area (Å²) in [5.74, 6) is 1.81. The van der Waals surface area contributed by atoms with Gasteiger partial charge in [0.2, 0.25) is 0 Å². The Morgan fingerprint density at radius 3 is 2.77 bits per heavy atom. The van der Waals surface area contributed by atoms with Crippen LogP contribution in [0.4, 0.5) is 0 Å². The summed E-state index contributed by atoms with van der Waals surface area (Å²) in [6.45, 7) is 7.69. The van der Waals surface area contributed by atoms with Crippen molar-refractivity contribution < 1.29 is 4.74 Å². The molecule has 35 heavy (non-hydrogen) atoms. The van der Waals surface area contributed by atoms with Gasteiger partial charge in [-0.1, -0.05) is 20.3 Å². The Bertz CT molecular complexity index is 1430. The van der Waals surface area contributed by atoms with Crippen molar-refractivity contribution in [3.05, 3.63) is 46.8 Å². The summed E-state index contributed by atoms with van der Waals surface area (Å²) in [5.41, 5.74) is 5.83. The van der Waals surface area contributed by atoms with Crippen molar-refractivity contribution >= 4 is 16.7 Å². The maximum absolute atomic E-state index is 13.3. The molecular weight excluding hydrogens is 440 g/mol. The summed E-state index contributed by atoms with van der Waals surface area (Å²) in [4.78, 5) is 23.3. The zero-order chi connectivity index (χ0) is 24.1. The van der Waals surface area contributed by atoms with Crippen molar-refractivity contribution in [1.29, 1.82) is 0 Å². The van der Waals surface area contributed by atoms with Gasteiger partial charge in [-0.3, -0.25) is 4.57 Å². The van der Waals surface area contributed by atoms with E-state index in [1.165, 1.54) is 37.7 Å². The summed E-state index contributed by atoms with van der Waals surface area (Å²) in [6.07, 6.45) is 9.80. The molecule has 1 unspecified atom stereocenters. The molecule has 1 aliphatic heterocycles. The topological polar surface area (TPSA) is 80.5 Å². The van der Waals surface area contributed by atoms with Gasteiger partial charge in [0.15, 0.2) is 11.4 Å². The number of benzene rings is 1. The Labute approximate surface area is 204 Å². The van der Waals surface area contributed by atoms with Crippen molar-refractivity contribution in [2.45, 2.75) is 57.9 Å². The van der Waals surface area contributed by atoms with E-state index in [4.69, 9.17) is 4.74 Å². The summed E-state index contributed by atoms with van der Waals surface area (Å²) in [6, 6.07) is 6.55. The van der Waals surface area contributed by atoms with Crippen molar-refractivity contribution in [2.24, 2.45) is 5.92 Å². The van der Waals surface area contributed by atoms with Crippen LogP contribution in [0.2, 0.25) is 0 Å². The van der Waals surface area contributed by atoms with Crippen molar-refractivity contribution in [3.8, 4) is 16.9 Å². The second kappa shape index (κ2) is 8.82. The molecule has 8 heteroatoms. The first-order valence-corrected chi connectivity index (χ1v) is 12.9. The molecule has 6 rings (SSSR count). The number of likely N-dealkylation sites (tertiary alicyclic amines) is 1.